The highest BCUT2D eigenvalue weighted by Crippen LogP contribution is 2.14. The van der Waals surface area contributed by atoms with Gasteiger partial charge < -0.3 is 5.11 Å². The Labute approximate surface area is 61.3 Å². The molecule has 0 radical (unpaired) electrons. The van der Waals surface area contributed by atoms with Gasteiger partial charge in [0.2, 0.25) is 0 Å². The molecule has 0 aliphatic carbocycles. The molecule has 1 aliphatic rings. The number of hydrogen-bond acceptors (Lipinski definition) is 2. The van der Waals surface area contributed by atoms with Crippen LogP contribution in [0, 0.1) is 0 Å². The number of rotatable bonds is 2. The van der Waals surface area contributed by atoms with E-state index in [0.717, 1.165) is 24.1 Å². The molecule has 2 heteroatoms. The zero-order valence-electron chi connectivity index (χ0n) is 6.52. The van der Waals surface area contributed by atoms with Crippen LogP contribution in [0.4, 0.5) is 0 Å². The zero-order valence-corrected chi connectivity index (χ0v) is 6.52. The quantitative estimate of drug-likeness (QED) is 0.624. The highest BCUT2D eigenvalue weighted by molar-refractivity contribution is 6.00. The van der Waals surface area contributed by atoms with Gasteiger partial charge in [-0.1, -0.05) is 13.3 Å². The molecule has 1 rings (SSSR count). The maximum Gasteiger partial charge on any atom is 0.137 e. The first-order chi connectivity index (χ1) is 4.75. The van der Waals surface area contributed by atoms with Crippen LogP contribution in [0.3, 0.4) is 0 Å². The Bertz CT molecular complexity index is 191. The van der Waals surface area contributed by atoms with Crippen molar-refractivity contribution >= 4 is 5.71 Å². The van der Waals surface area contributed by atoms with E-state index in [0.29, 0.717) is 12.3 Å². The van der Waals surface area contributed by atoms with Crippen LogP contribution in [0.15, 0.2) is 16.3 Å². The average Bonchev–Trinajstić information content (AvgIpc) is 2.20. The Morgan fingerprint density at radius 3 is 2.70 bits per heavy atom. The summed E-state index contributed by atoms with van der Waals surface area (Å²) in [6.07, 6.45) is 1.96. The molecular weight excluding hydrogens is 126 g/mol. The molecule has 1 N–H and O–H groups in total. The second-order valence-corrected chi connectivity index (χ2v) is 2.64. The summed E-state index contributed by atoms with van der Waals surface area (Å²) in [4.78, 5) is 4.18. The lowest BCUT2D eigenvalue weighted by atomic mass is 10.1. The minimum atomic E-state index is 0.432. The van der Waals surface area contributed by atoms with Crippen molar-refractivity contribution in [3.8, 4) is 0 Å². The van der Waals surface area contributed by atoms with E-state index in [9.17, 15) is 5.11 Å². The minimum Gasteiger partial charge on any atom is -0.506 e. The van der Waals surface area contributed by atoms with Crippen LogP contribution >= 0.6 is 0 Å². The van der Waals surface area contributed by atoms with Gasteiger partial charge in [0.05, 0.1) is 12.3 Å². The number of nitrogens with zero attached hydrogens (tertiary/aromatic N) is 1. The number of allylic oxidation sites excluding steroid dienone is 1. The molecule has 0 bridgehead atoms. The van der Waals surface area contributed by atoms with Gasteiger partial charge in [0.15, 0.2) is 0 Å². The Morgan fingerprint density at radius 1 is 1.60 bits per heavy atom. The van der Waals surface area contributed by atoms with Crippen molar-refractivity contribution in [2.45, 2.75) is 26.7 Å². The third-order valence-corrected chi connectivity index (χ3v) is 1.67. The number of aliphatic imine (C=N–C) groups is 1. The van der Waals surface area contributed by atoms with Crippen LogP contribution in [0.2, 0.25) is 0 Å². The molecule has 0 aromatic carbocycles. The highest BCUT2D eigenvalue weighted by Gasteiger charge is 2.13. The minimum absolute atomic E-state index is 0.432. The third-order valence-electron chi connectivity index (χ3n) is 1.67. The summed E-state index contributed by atoms with van der Waals surface area (Å²) in [6.45, 7) is 4.70. The molecule has 0 aromatic heterocycles. The maximum absolute atomic E-state index is 9.34. The summed E-state index contributed by atoms with van der Waals surface area (Å²) in [7, 11) is 0. The molecular formula is C8H13NO. The van der Waals surface area contributed by atoms with Gasteiger partial charge in [-0.2, -0.15) is 0 Å². The molecule has 0 amide bonds. The summed E-state index contributed by atoms with van der Waals surface area (Å²) in [5, 5.41) is 9.34. The Kier molecular flexibility index (Phi) is 2.10. The van der Waals surface area contributed by atoms with Crippen molar-refractivity contribution in [1.29, 1.82) is 0 Å². The monoisotopic (exact) mass is 139 g/mol. The molecule has 10 heavy (non-hydrogen) atoms. The Hall–Kier alpha value is -0.790. The van der Waals surface area contributed by atoms with Crippen LogP contribution in [-0.4, -0.2) is 17.4 Å². The topological polar surface area (TPSA) is 32.6 Å². The Morgan fingerprint density at radius 2 is 2.30 bits per heavy atom. The van der Waals surface area contributed by atoms with E-state index in [4.69, 9.17) is 0 Å². The summed E-state index contributed by atoms with van der Waals surface area (Å²) >= 11 is 0. The highest BCUT2D eigenvalue weighted by atomic mass is 16.3. The smallest absolute Gasteiger partial charge is 0.137 e. The van der Waals surface area contributed by atoms with E-state index in [1.165, 1.54) is 0 Å². The Balaban J connectivity index is 2.63. The fraction of sp³-hybridized carbons (Fsp3) is 0.625. The lowest BCUT2D eigenvalue weighted by Gasteiger charge is -1.96. The van der Waals surface area contributed by atoms with Crippen molar-refractivity contribution in [2.75, 3.05) is 6.54 Å². The van der Waals surface area contributed by atoms with E-state index in [2.05, 4.69) is 11.9 Å². The first-order valence-corrected chi connectivity index (χ1v) is 3.68. The standard InChI is InChI=1S/C8H13NO/c1-3-4-7-8(10)6(2)5-9-7/h10H,3-5H2,1-2H3. The fourth-order valence-electron chi connectivity index (χ4n) is 1.04. The van der Waals surface area contributed by atoms with Gasteiger partial charge in [0.1, 0.15) is 5.76 Å². The largest absolute Gasteiger partial charge is 0.506 e. The second-order valence-electron chi connectivity index (χ2n) is 2.64. The first kappa shape index (κ1) is 7.32. The molecule has 0 atom stereocenters. The van der Waals surface area contributed by atoms with Gasteiger partial charge in [0.25, 0.3) is 0 Å². The lowest BCUT2D eigenvalue weighted by molar-refractivity contribution is 0.437. The van der Waals surface area contributed by atoms with Crippen LogP contribution < -0.4 is 0 Å². The van der Waals surface area contributed by atoms with E-state index in [-0.39, 0.29) is 0 Å². The third kappa shape index (κ3) is 1.20. The number of aliphatic hydroxyl groups excluding tert-OH is 1. The van der Waals surface area contributed by atoms with Crippen LogP contribution in [0.5, 0.6) is 0 Å². The fourth-order valence-corrected chi connectivity index (χ4v) is 1.04. The van der Waals surface area contributed by atoms with Gasteiger partial charge in [-0.15, -0.1) is 0 Å². The summed E-state index contributed by atoms with van der Waals surface area (Å²) < 4.78 is 0. The molecule has 0 saturated heterocycles. The van der Waals surface area contributed by atoms with Crippen molar-refractivity contribution < 1.29 is 5.11 Å². The van der Waals surface area contributed by atoms with Crippen molar-refractivity contribution in [3.63, 3.8) is 0 Å². The summed E-state index contributed by atoms with van der Waals surface area (Å²) in [5.41, 5.74) is 1.89. The van der Waals surface area contributed by atoms with Crippen molar-refractivity contribution in [3.05, 3.63) is 11.3 Å². The molecule has 1 aliphatic heterocycles. The van der Waals surface area contributed by atoms with Gasteiger partial charge in [0, 0.05) is 0 Å². The van der Waals surface area contributed by atoms with Crippen LogP contribution in [-0.2, 0) is 0 Å². The molecule has 0 unspecified atom stereocenters. The summed E-state index contributed by atoms with van der Waals surface area (Å²) in [6, 6.07) is 0. The van der Waals surface area contributed by atoms with E-state index in [1.54, 1.807) is 0 Å². The van der Waals surface area contributed by atoms with Crippen LogP contribution in [0.1, 0.15) is 26.7 Å². The second kappa shape index (κ2) is 2.86. The van der Waals surface area contributed by atoms with E-state index < -0.39 is 0 Å². The van der Waals surface area contributed by atoms with Crippen molar-refractivity contribution in [2.24, 2.45) is 4.99 Å². The number of hydrogen-bond donors (Lipinski definition) is 1. The molecule has 0 fully saturated rings. The van der Waals surface area contributed by atoms with E-state index >= 15 is 0 Å². The average molecular weight is 139 g/mol. The number of aliphatic hydroxyl groups is 1. The molecule has 2 nitrogen and oxygen atoms in total. The van der Waals surface area contributed by atoms with Crippen LogP contribution in [0.25, 0.3) is 0 Å². The molecule has 1 heterocycles. The van der Waals surface area contributed by atoms with Gasteiger partial charge >= 0.3 is 0 Å². The van der Waals surface area contributed by atoms with E-state index in [1.807, 2.05) is 6.92 Å². The summed E-state index contributed by atoms with van der Waals surface area (Å²) in [5.74, 6) is 0.432. The maximum atomic E-state index is 9.34. The molecule has 0 spiro atoms. The zero-order chi connectivity index (χ0) is 7.56. The predicted molar refractivity (Wildman–Crippen MR) is 42.5 cm³/mol. The van der Waals surface area contributed by atoms with Gasteiger partial charge in [-0.25, -0.2) is 0 Å². The molecule has 56 valence electrons. The molecule has 0 saturated carbocycles. The first-order valence-electron chi connectivity index (χ1n) is 3.68. The van der Waals surface area contributed by atoms with Gasteiger partial charge in [-0.05, 0) is 18.9 Å². The predicted octanol–water partition coefficient (Wildman–Crippen LogP) is 2.07. The normalized spacial score (nSPS) is 18.0. The van der Waals surface area contributed by atoms with Crippen molar-refractivity contribution in [1.82, 2.24) is 0 Å². The SMILES string of the molecule is CCCC1=NCC(C)=C1O. The molecule has 0 aromatic rings. The van der Waals surface area contributed by atoms with Gasteiger partial charge in [-0.3, -0.25) is 4.99 Å². The lowest BCUT2D eigenvalue weighted by Crippen LogP contribution is -1.98.